The van der Waals surface area contributed by atoms with Crippen LogP contribution in [0.25, 0.3) is 0 Å². The van der Waals surface area contributed by atoms with E-state index in [1.165, 1.54) is 24.0 Å². The maximum absolute atomic E-state index is 5.77. The fourth-order valence-electron chi connectivity index (χ4n) is 2.09. The first-order chi connectivity index (χ1) is 8.70. The van der Waals surface area contributed by atoms with Crippen LogP contribution in [0.5, 0.6) is 0 Å². The van der Waals surface area contributed by atoms with Gasteiger partial charge in [0.2, 0.25) is 0 Å². The molecule has 2 aromatic heterocycles. The molecule has 2 heterocycles. The van der Waals surface area contributed by atoms with E-state index in [-0.39, 0.29) is 0 Å². The van der Waals surface area contributed by atoms with Crippen molar-refractivity contribution in [2.45, 2.75) is 45.8 Å². The maximum Gasteiger partial charge on any atom is 0.118 e. The van der Waals surface area contributed by atoms with Crippen LogP contribution in [-0.2, 0) is 13.1 Å². The molecule has 0 aliphatic heterocycles. The average molecular weight is 245 g/mol. The predicted octanol–water partition coefficient (Wildman–Crippen LogP) is 2.39. The van der Waals surface area contributed by atoms with E-state index in [2.05, 4.69) is 29.6 Å². The second-order valence-corrected chi connectivity index (χ2v) is 5.16. The topological polar surface area (TPSA) is 43.0 Å². The summed E-state index contributed by atoms with van der Waals surface area (Å²) < 4.78 is 7.72. The zero-order chi connectivity index (χ0) is 12.5. The first-order valence-corrected chi connectivity index (χ1v) is 6.51. The summed E-state index contributed by atoms with van der Waals surface area (Å²) in [7, 11) is 0. The van der Waals surface area contributed by atoms with Crippen LogP contribution < -0.4 is 5.32 Å². The van der Waals surface area contributed by atoms with E-state index in [9.17, 15) is 0 Å². The Kier molecular flexibility index (Phi) is 2.96. The van der Waals surface area contributed by atoms with E-state index in [0.717, 1.165) is 24.6 Å². The molecule has 1 saturated carbocycles. The van der Waals surface area contributed by atoms with Crippen molar-refractivity contribution in [2.24, 2.45) is 0 Å². The van der Waals surface area contributed by atoms with Gasteiger partial charge in [-0.1, -0.05) is 0 Å². The third kappa shape index (κ3) is 2.64. The number of aryl methyl sites for hydroxylation is 2. The Bertz CT molecular complexity index is 537. The van der Waals surface area contributed by atoms with Gasteiger partial charge in [-0.25, -0.2) is 0 Å². The molecule has 4 nitrogen and oxygen atoms in total. The van der Waals surface area contributed by atoms with Crippen LogP contribution in [0.1, 0.15) is 35.5 Å². The van der Waals surface area contributed by atoms with Crippen molar-refractivity contribution in [1.82, 2.24) is 15.1 Å². The van der Waals surface area contributed by atoms with E-state index in [1.54, 1.807) is 0 Å². The second-order valence-electron chi connectivity index (χ2n) is 5.16. The second kappa shape index (κ2) is 4.61. The zero-order valence-electron chi connectivity index (χ0n) is 10.9. The highest BCUT2D eigenvalue weighted by molar-refractivity contribution is 5.21. The van der Waals surface area contributed by atoms with Crippen molar-refractivity contribution in [3.63, 3.8) is 0 Å². The minimum atomic E-state index is 0.715. The van der Waals surface area contributed by atoms with Crippen LogP contribution in [0, 0.1) is 13.8 Å². The number of hydrogen-bond donors (Lipinski definition) is 1. The van der Waals surface area contributed by atoms with E-state index in [4.69, 9.17) is 4.42 Å². The molecule has 1 aliphatic rings. The third-order valence-corrected chi connectivity index (χ3v) is 3.31. The molecule has 0 aromatic carbocycles. The van der Waals surface area contributed by atoms with Gasteiger partial charge in [0.15, 0.2) is 0 Å². The molecule has 1 fully saturated rings. The SMILES string of the molecule is Cc1cnn(Cc2cc(CNC3CC3)oc2C)c1. The Morgan fingerprint density at radius 2 is 2.28 bits per heavy atom. The van der Waals surface area contributed by atoms with Gasteiger partial charge in [-0.3, -0.25) is 4.68 Å². The van der Waals surface area contributed by atoms with Gasteiger partial charge in [0.1, 0.15) is 11.5 Å². The minimum Gasteiger partial charge on any atom is -0.465 e. The molecular formula is C14H19N3O. The predicted molar refractivity (Wildman–Crippen MR) is 69.4 cm³/mol. The molecule has 0 unspecified atom stereocenters. The van der Waals surface area contributed by atoms with Crippen LogP contribution in [0.3, 0.4) is 0 Å². The number of nitrogens with one attached hydrogen (secondary N) is 1. The summed E-state index contributed by atoms with van der Waals surface area (Å²) in [6.07, 6.45) is 6.54. The summed E-state index contributed by atoms with van der Waals surface area (Å²) in [5, 5.41) is 7.77. The summed E-state index contributed by atoms with van der Waals surface area (Å²) in [6.45, 7) is 5.69. The normalized spacial score (nSPS) is 15.2. The van der Waals surface area contributed by atoms with Gasteiger partial charge in [0.05, 0.1) is 19.3 Å². The molecule has 0 saturated heterocycles. The molecule has 18 heavy (non-hydrogen) atoms. The molecule has 96 valence electrons. The molecule has 1 aliphatic carbocycles. The monoisotopic (exact) mass is 245 g/mol. The van der Waals surface area contributed by atoms with E-state index < -0.39 is 0 Å². The Morgan fingerprint density at radius 3 is 2.94 bits per heavy atom. The van der Waals surface area contributed by atoms with Crippen molar-refractivity contribution in [3.8, 4) is 0 Å². The van der Waals surface area contributed by atoms with Crippen LogP contribution in [0.15, 0.2) is 22.9 Å². The highest BCUT2D eigenvalue weighted by Crippen LogP contribution is 2.21. The average Bonchev–Trinajstić information content (AvgIpc) is 2.99. The quantitative estimate of drug-likeness (QED) is 0.879. The standard InChI is InChI=1S/C14H19N3O/c1-10-6-16-17(8-10)9-12-5-14(18-11(12)2)7-15-13-3-4-13/h5-6,8,13,15H,3-4,7,9H2,1-2H3. The summed E-state index contributed by atoms with van der Waals surface area (Å²) in [6, 6.07) is 2.86. The minimum absolute atomic E-state index is 0.715. The molecule has 4 heteroatoms. The van der Waals surface area contributed by atoms with Crippen LogP contribution in [0.4, 0.5) is 0 Å². The van der Waals surface area contributed by atoms with E-state index >= 15 is 0 Å². The molecular weight excluding hydrogens is 226 g/mol. The van der Waals surface area contributed by atoms with Crippen molar-refractivity contribution in [1.29, 1.82) is 0 Å². The Labute approximate surface area is 107 Å². The molecule has 1 N–H and O–H groups in total. The molecule has 3 rings (SSSR count). The van der Waals surface area contributed by atoms with Crippen molar-refractivity contribution < 1.29 is 4.42 Å². The Hall–Kier alpha value is -1.55. The van der Waals surface area contributed by atoms with E-state index in [0.29, 0.717) is 6.04 Å². The summed E-state index contributed by atoms with van der Waals surface area (Å²) >= 11 is 0. The molecule has 0 amide bonds. The van der Waals surface area contributed by atoms with Crippen molar-refractivity contribution in [3.05, 3.63) is 41.1 Å². The lowest BCUT2D eigenvalue weighted by Gasteiger charge is -1.98. The number of nitrogens with zero attached hydrogens (tertiary/aromatic N) is 2. The van der Waals surface area contributed by atoms with E-state index in [1.807, 2.05) is 17.8 Å². The smallest absolute Gasteiger partial charge is 0.118 e. The lowest BCUT2D eigenvalue weighted by atomic mass is 10.2. The Morgan fingerprint density at radius 1 is 1.44 bits per heavy atom. The lowest BCUT2D eigenvalue weighted by Crippen LogP contribution is -2.14. The number of rotatable bonds is 5. The molecule has 2 aromatic rings. The first-order valence-electron chi connectivity index (χ1n) is 6.51. The van der Waals surface area contributed by atoms with Gasteiger partial charge >= 0.3 is 0 Å². The highest BCUT2D eigenvalue weighted by atomic mass is 16.3. The molecule has 0 radical (unpaired) electrons. The summed E-state index contributed by atoms with van der Waals surface area (Å²) in [5.74, 6) is 2.02. The number of hydrogen-bond acceptors (Lipinski definition) is 3. The van der Waals surface area contributed by atoms with Gasteiger partial charge in [-0.05, 0) is 38.3 Å². The fourth-order valence-corrected chi connectivity index (χ4v) is 2.09. The fraction of sp³-hybridized carbons (Fsp3) is 0.500. The van der Waals surface area contributed by atoms with Crippen LogP contribution in [0.2, 0.25) is 0 Å². The largest absolute Gasteiger partial charge is 0.465 e. The van der Waals surface area contributed by atoms with Crippen LogP contribution >= 0.6 is 0 Å². The lowest BCUT2D eigenvalue weighted by molar-refractivity contribution is 0.458. The van der Waals surface area contributed by atoms with Gasteiger partial charge in [-0.2, -0.15) is 5.10 Å². The molecule has 0 spiro atoms. The van der Waals surface area contributed by atoms with Gasteiger partial charge < -0.3 is 9.73 Å². The van der Waals surface area contributed by atoms with Gasteiger partial charge in [0, 0.05) is 17.8 Å². The van der Waals surface area contributed by atoms with Crippen LogP contribution in [-0.4, -0.2) is 15.8 Å². The maximum atomic E-state index is 5.77. The molecule has 0 bridgehead atoms. The summed E-state index contributed by atoms with van der Waals surface area (Å²) in [5.41, 5.74) is 2.40. The highest BCUT2D eigenvalue weighted by Gasteiger charge is 2.20. The Balaban J connectivity index is 1.67. The van der Waals surface area contributed by atoms with Gasteiger partial charge in [-0.15, -0.1) is 0 Å². The van der Waals surface area contributed by atoms with Crippen molar-refractivity contribution >= 4 is 0 Å². The number of furan rings is 1. The van der Waals surface area contributed by atoms with Crippen molar-refractivity contribution in [2.75, 3.05) is 0 Å². The van der Waals surface area contributed by atoms with Gasteiger partial charge in [0.25, 0.3) is 0 Å². The molecule has 0 atom stereocenters. The third-order valence-electron chi connectivity index (χ3n) is 3.31. The first kappa shape index (κ1) is 11.5. The summed E-state index contributed by atoms with van der Waals surface area (Å²) in [4.78, 5) is 0. The number of aromatic nitrogens is 2. The zero-order valence-corrected chi connectivity index (χ0v) is 10.9.